The van der Waals surface area contributed by atoms with Crippen molar-refractivity contribution < 1.29 is 13.9 Å². The average molecular weight is 435 g/mol. The number of fused-ring (bicyclic) bond motifs is 1. The van der Waals surface area contributed by atoms with Crippen molar-refractivity contribution in [1.82, 2.24) is 4.98 Å². The summed E-state index contributed by atoms with van der Waals surface area (Å²) >= 11 is 1.54. The molecule has 31 heavy (non-hydrogen) atoms. The number of aromatic nitrogens is 1. The zero-order chi connectivity index (χ0) is 22.0. The van der Waals surface area contributed by atoms with Gasteiger partial charge < -0.3 is 9.15 Å². The average Bonchev–Trinajstić information content (AvgIpc) is 3.41. The number of rotatable bonds is 7. The molecule has 0 unspecified atom stereocenters. The summed E-state index contributed by atoms with van der Waals surface area (Å²) in [5, 5.41) is 0.690. The molecule has 2 aromatic heterocycles. The molecule has 5 nitrogen and oxygen atoms in total. The Kier molecular flexibility index (Phi) is 6.09. The second-order valence-corrected chi connectivity index (χ2v) is 8.89. The Hall–Kier alpha value is -3.12. The summed E-state index contributed by atoms with van der Waals surface area (Å²) in [7, 11) is 1.65. The van der Waals surface area contributed by atoms with Crippen LogP contribution in [0, 0.1) is 6.92 Å². The molecule has 0 aliphatic carbocycles. The summed E-state index contributed by atoms with van der Waals surface area (Å²) in [5.41, 5.74) is 4.11. The number of hydrogen-bond donors (Lipinski definition) is 0. The van der Waals surface area contributed by atoms with Crippen LogP contribution in [0.25, 0.3) is 10.2 Å². The number of furan rings is 1. The summed E-state index contributed by atoms with van der Waals surface area (Å²) in [5.74, 6) is 1.87. The highest BCUT2D eigenvalue weighted by atomic mass is 32.1. The van der Waals surface area contributed by atoms with Crippen LogP contribution in [0.2, 0.25) is 0 Å². The van der Waals surface area contributed by atoms with Gasteiger partial charge in [0.1, 0.15) is 11.5 Å². The van der Waals surface area contributed by atoms with Crippen molar-refractivity contribution in [2.45, 2.75) is 39.7 Å². The first-order chi connectivity index (χ1) is 15.0. The number of para-hydroxylation sites is 1. The topological polar surface area (TPSA) is 55.6 Å². The van der Waals surface area contributed by atoms with Crippen molar-refractivity contribution in [2.24, 2.45) is 0 Å². The molecule has 160 valence electrons. The van der Waals surface area contributed by atoms with Crippen LogP contribution in [0.5, 0.6) is 5.75 Å². The van der Waals surface area contributed by atoms with E-state index < -0.39 is 0 Å². The first-order valence-corrected chi connectivity index (χ1v) is 11.1. The number of ether oxygens (including phenoxy) is 1. The van der Waals surface area contributed by atoms with Gasteiger partial charge in [0.05, 0.1) is 36.6 Å². The molecule has 0 bridgehead atoms. The number of aryl methyl sites for hydroxylation is 1. The molecular weight excluding hydrogens is 408 g/mol. The van der Waals surface area contributed by atoms with Gasteiger partial charge in [0.15, 0.2) is 5.13 Å². The van der Waals surface area contributed by atoms with E-state index in [2.05, 4.69) is 32.0 Å². The lowest BCUT2D eigenvalue weighted by Crippen LogP contribution is -2.31. The molecule has 4 aromatic rings. The lowest BCUT2D eigenvalue weighted by atomic mass is 10.0. The number of thiazole rings is 1. The smallest absolute Gasteiger partial charge is 0.233 e. The highest BCUT2D eigenvalue weighted by Crippen LogP contribution is 2.34. The van der Waals surface area contributed by atoms with Crippen molar-refractivity contribution in [3.05, 3.63) is 77.2 Å². The molecule has 4 rings (SSSR count). The van der Waals surface area contributed by atoms with E-state index in [-0.39, 0.29) is 12.3 Å². The Balaban J connectivity index is 1.69. The van der Waals surface area contributed by atoms with Crippen LogP contribution >= 0.6 is 11.3 Å². The molecule has 0 atom stereocenters. The van der Waals surface area contributed by atoms with E-state index in [4.69, 9.17) is 14.1 Å². The number of carbonyl (C=O) groups excluding carboxylic acids is 1. The number of benzene rings is 2. The monoisotopic (exact) mass is 434 g/mol. The normalized spacial score (nSPS) is 11.3. The molecule has 0 fully saturated rings. The predicted molar refractivity (Wildman–Crippen MR) is 125 cm³/mol. The molecule has 1 amide bonds. The Morgan fingerprint density at radius 3 is 2.71 bits per heavy atom. The summed E-state index contributed by atoms with van der Waals surface area (Å²) < 4.78 is 12.0. The third-order valence-corrected chi connectivity index (χ3v) is 6.35. The van der Waals surface area contributed by atoms with E-state index in [0.717, 1.165) is 32.9 Å². The van der Waals surface area contributed by atoms with Gasteiger partial charge in [-0.2, -0.15) is 0 Å². The molecule has 0 N–H and O–H groups in total. The van der Waals surface area contributed by atoms with Crippen molar-refractivity contribution in [3.8, 4) is 5.75 Å². The van der Waals surface area contributed by atoms with Crippen LogP contribution in [-0.4, -0.2) is 18.0 Å². The molecule has 0 saturated heterocycles. The molecule has 0 aliphatic rings. The largest absolute Gasteiger partial charge is 0.496 e. The van der Waals surface area contributed by atoms with E-state index >= 15 is 0 Å². The molecule has 0 spiro atoms. The van der Waals surface area contributed by atoms with Crippen molar-refractivity contribution in [1.29, 1.82) is 0 Å². The van der Waals surface area contributed by atoms with Gasteiger partial charge in [-0.25, -0.2) is 4.98 Å². The zero-order valence-corrected chi connectivity index (χ0v) is 19.0. The van der Waals surface area contributed by atoms with Crippen LogP contribution in [0.3, 0.4) is 0 Å². The fraction of sp³-hybridized carbons (Fsp3) is 0.280. The number of carbonyl (C=O) groups is 1. The molecule has 2 aromatic carbocycles. The maximum atomic E-state index is 13.4. The first-order valence-electron chi connectivity index (χ1n) is 10.3. The highest BCUT2D eigenvalue weighted by molar-refractivity contribution is 7.22. The standard InChI is InChI=1S/C25H26N2O3S/c1-16(2)20-8-5-9-22-24(20)26-25(31-22)27(15-19-7-6-12-30-19)23(28)14-18-10-11-21(29-4)17(3)13-18/h5-13,16H,14-15H2,1-4H3. The van der Waals surface area contributed by atoms with Crippen LogP contribution in [0.1, 0.15) is 42.2 Å². The van der Waals surface area contributed by atoms with Gasteiger partial charge in [0, 0.05) is 0 Å². The maximum absolute atomic E-state index is 13.4. The van der Waals surface area contributed by atoms with Gasteiger partial charge in [-0.3, -0.25) is 9.69 Å². The van der Waals surface area contributed by atoms with E-state index in [9.17, 15) is 4.79 Å². The molecule has 0 saturated carbocycles. The number of amides is 1. The third-order valence-electron chi connectivity index (χ3n) is 5.30. The van der Waals surface area contributed by atoms with E-state index in [1.807, 2.05) is 37.3 Å². The first kappa shape index (κ1) is 21.1. The Labute approximate surface area is 186 Å². The number of nitrogens with zero attached hydrogens (tertiary/aromatic N) is 2. The number of hydrogen-bond acceptors (Lipinski definition) is 5. The van der Waals surface area contributed by atoms with Gasteiger partial charge in [-0.1, -0.05) is 49.4 Å². The van der Waals surface area contributed by atoms with E-state index in [1.165, 1.54) is 16.9 Å². The van der Waals surface area contributed by atoms with Gasteiger partial charge in [0.2, 0.25) is 5.91 Å². The summed E-state index contributed by atoms with van der Waals surface area (Å²) in [6.07, 6.45) is 1.90. The number of anilines is 1. The zero-order valence-electron chi connectivity index (χ0n) is 18.2. The van der Waals surface area contributed by atoms with Gasteiger partial charge >= 0.3 is 0 Å². The minimum atomic E-state index is -0.0221. The van der Waals surface area contributed by atoms with Crippen molar-refractivity contribution >= 4 is 32.6 Å². The molecule has 2 heterocycles. The second-order valence-electron chi connectivity index (χ2n) is 7.89. The third kappa shape index (κ3) is 4.49. The fourth-order valence-corrected chi connectivity index (χ4v) is 4.70. The minimum absolute atomic E-state index is 0.0221. The minimum Gasteiger partial charge on any atom is -0.496 e. The van der Waals surface area contributed by atoms with Crippen molar-refractivity contribution in [3.63, 3.8) is 0 Å². The quantitative estimate of drug-likeness (QED) is 0.352. The SMILES string of the molecule is COc1ccc(CC(=O)N(Cc2ccco2)c2nc3c(C(C)C)cccc3s2)cc1C. The van der Waals surface area contributed by atoms with Crippen LogP contribution in [-0.2, 0) is 17.8 Å². The van der Waals surface area contributed by atoms with Gasteiger partial charge in [-0.05, 0) is 53.8 Å². The second kappa shape index (κ2) is 8.94. The van der Waals surface area contributed by atoms with E-state index in [0.29, 0.717) is 17.6 Å². The highest BCUT2D eigenvalue weighted by Gasteiger charge is 2.23. The Morgan fingerprint density at radius 1 is 1.19 bits per heavy atom. The number of methoxy groups -OCH3 is 1. The lowest BCUT2D eigenvalue weighted by Gasteiger charge is -2.19. The maximum Gasteiger partial charge on any atom is 0.233 e. The molecule has 6 heteroatoms. The van der Waals surface area contributed by atoms with Crippen LogP contribution in [0.4, 0.5) is 5.13 Å². The fourth-order valence-electron chi connectivity index (χ4n) is 3.68. The van der Waals surface area contributed by atoms with E-state index in [1.54, 1.807) is 18.3 Å². The molecule has 0 radical (unpaired) electrons. The summed E-state index contributed by atoms with van der Waals surface area (Å²) in [4.78, 5) is 20.0. The Bertz CT molecular complexity index is 1190. The molecular formula is C25H26N2O3S. The molecule has 0 aliphatic heterocycles. The Morgan fingerprint density at radius 2 is 2.03 bits per heavy atom. The van der Waals surface area contributed by atoms with Gasteiger partial charge in [0.25, 0.3) is 0 Å². The summed E-state index contributed by atoms with van der Waals surface area (Å²) in [6, 6.07) is 15.8. The van der Waals surface area contributed by atoms with Gasteiger partial charge in [-0.15, -0.1) is 0 Å². The predicted octanol–water partition coefficient (Wildman–Crippen LogP) is 6.11. The van der Waals surface area contributed by atoms with Crippen LogP contribution in [0.15, 0.2) is 59.2 Å². The summed E-state index contributed by atoms with van der Waals surface area (Å²) in [6.45, 7) is 6.64. The van der Waals surface area contributed by atoms with Crippen LogP contribution < -0.4 is 9.64 Å². The lowest BCUT2D eigenvalue weighted by molar-refractivity contribution is -0.118. The van der Waals surface area contributed by atoms with Crippen molar-refractivity contribution in [2.75, 3.05) is 12.0 Å².